The fraction of sp³-hybridized carbons (Fsp3) is 0.652. The van der Waals surface area contributed by atoms with Crippen molar-refractivity contribution in [2.75, 3.05) is 0 Å². The van der Waals surface area contributed by atoms with Crippen LogP contribution in [0.4, 0.5) is 8.78 Å². The van der Waals surface area contributed by atoms with Crippen LogP contribution >= 0.6 is 0 Å². The van der Waals surface area contributed by atoms with Crippen molar-refractivity contribution in [2.45, 2.75) is 84.4 Å². The smallest absolute Gasteiger partial charge is 0.316 e. The number of unbranched alkanes of at least 4 members (excludes halogenated alkanes) is 2. The highest BCUT2D eigenvalue weighted by atomic mass is 19.3. The highest BCUT2D eigenvalue weighted by Gasteiger charge is 2.35. The minimum Gasteiger partial charge on any atom is -0.316 e. The summed E-state index contributed by atoms with van der Waals surface area (Å²) < 4.78 is 33.4. The van der Waals surface area contributed by atoms with Gasteiger partial charge in [0.05, 0.1) is 6.61 Å². The fourth-order valence-electron chi connectivity index (χ4n) is 3.82. The molecule has 0 heterocycles. The molecule has 2 rings (SSSR count). The summed E-state index contributed by atoms with van der Waals surface area (Å²) >= 11 is 0. The van der Waals surface area contributed by atoms with Crippen molar-refractivity contribution >= 4 is 0 Å². The minimum absolute atomic E-state index is 0.0177. The van der Waals surface area contributed by atoms with Gasteiger partial charge in [-0.2, -0.15) is 8.78 Å². The van der Waals surface area contributed by atoms with Crippen molar-refractivity contribution in [3.8, 4) is 0 Å². The zero-order valence-electron chi connectivity index (χ0n) is 16.4. The maximum atomic E-state index is 14.2. The molecule has 1 fully saturated rings. The van der Waals surface area contributed by atoms with E-state index in [1.165, 1.54) is 24.8 Å². The van der Waals surface area contributed by atoms with Crippen LogP contribution in [0, 0.1) is 11.8 Å². The number of hydrogen-bond acceptors (Lipinski definition) is 1. The van der Waals surface area contributed by atoms with Crippen molar-refractivity contribution < 1.29 is 13.5 Å². The first-order valence-corrected chi connectivity index (χ1v) is 10.2. The van der Waals surface area contributed by atoms with Crippen LogP contribution in [0.5, 0.6) is 0 Å². The summed E-state index contributed by atoms with van der Waals surface area (Å²) in [5, 5.41) is 0. The monoisotopic (exact) mass is 364 g/mol. The van der Waals surface area contributed by atoms with E-state index in [0.717, 1.165) is 37.7 Å². The average molecular weight is 365 g/mol. The van der Waals surface area contributed by atoms with Crippen LogP contribution in [0.2, 0.25) is 0 Å². The van der Waals surface area contributed by atoms with Crippen LogP contribution in [0.15, 0.2) is 36.4 Å². The summed E-state index contributed by atoms with van der Waals surface area (Å²) in [6.45, 7) is 4.19. The van der Waals surface area contributed by atoms with E-state index in [-0.39, 0.29) is 18.9 Å². The number of allylic oxidation sites excluding steroid dienone is 2. The molecule has 0 spiro atoms. The molecule has 0 amide bonds. The second-order valence-corrected chi connectivity index (χ2v) is 7.71. The first-order valence-electron chi connectivity index (χ1n) is 10.2. The number of alkyl halides is 2. The SMILES string of the molecule is CC=CC1CCC(CC(F)(F)OCc2ccc(CCCCC)cc2)CC1. The first-order chi connectivity index (χ1) is 12.5. The molecule has 0 bridgehead atoms. The van der Waals surface area contributed by atoms with Gasteiger partial charge in [0.2, 0.25) is 0 Å². The molecule has 26 heavy (non-hydrogen) atoms. The van der Waals surface area contributed by atoms with Gasteiger partial charge in [0.1, 0.15) is 0 Å². The number of ether oxygens (including phenoxy) is 1. The predicted molar refractivity (Wildman–Crippen MR) is 104 cm³/mol. The lowest BCUT2D eigenvalue weighted by molar-refractivity contribution is -0.256. The summed E-state index contributed by atoms with van der Waals surface area (Å²) in [6, 6.07) is 7.91. The first kappa shape index (κ1) is 21.1. The Bertz CT molecular complexity index is 528. The third kappa shape index (κ3) is 7.57. The van der Waals surface area contributed by atoms with Gasteiger partial charge in [-0.05, 0) is 68.4 Å². The molecule has 0 N–H and O–H groups in total. The summed E-state index contributed by atoms with van der Waals surface area (Å²) in [7, 11) is 0. The largest absolute Gasteiger partial charge is 0.356 e. The van der Waals surface area contributed by atoms with Gasteiger partial charge in [0.25, 0.3) is 0 Å². The molecular weight excluding hydrogens is 330 g/mol. The molecule has 0 aromatic heterocycles. The van der Waals surface area contributed by atoms with Gasteiger partial charge in [-0.1, -0.05) is 56.2 Å². The van der Waals surface area contributed by atoms with E-state index < -0.39 is 6.11 Å². The third-order valence-corrected chi connectivity index (χ3v) is 5.42. The van der Waals surface area contributed by atoms with Crippen LogP contribution in [0.1, 0.15) is 76.3 Å². The van der Waals surface area contributed by atoms with Gasteiger partial charge in [-0.3, -0.25) is 0 Å². The van der Waals surface area contributed by atoms with E-state index in [9.17, 15) is 8.78 Å². The highest BCUT2D eigenvalue weighted by Crippen LogP contribution is 2.37. The molecule has 0 radical (unpaired) electrons. The van der Waals surface area contributed by atoms with Gasteiger partial charge < -0.3 is 4.74 Å². The number of aryl methyl sites for hydroxylation is 1. The number of hydrogen-bond donors (Lipinski definition) is 0. The molecule has 0 unspecified atom stereocenters. The molecule has 1 aliphatic rings. The molecule has 3 heteroatoms. The van der Waals surface area contributed by atoms with E-state index in [2.05, 4.69) is 19.1 Å². The minimum atomic E-state index is -3.03. The summed E-state index contributed by atoms with van der Waals surface area (Å²) in [5.74, 6) is 0.647. The highest BCUT2D eigenvalue weighted by molar-refractivity contribution is 5.22. The maximum absolute atomic E-state index is 14.2. The lowest BCUT2D eigenvalue weighted by Gasteiger charge is -2.29. The summed E-state index contributed by atoms with van der Waals surface area (Å²) in [5.41, 5.74) is 2.09. The van der Waals surface area contributed by atoms with E-state index >= 15 is 0 Å². The van der Waals surface area contributed by atoms with E-state index in [0.29, 0.717) is 5.92 Å². The molecular formula is C23H34F2O. The second-order valence-electron chi connectivity index (χ2n) is 7.71. The maximum Gasteiger partial charge on any atom is 0.356 e. The molecule has 0 saturated heterocycles. The number of rotatable bonds is 10. The predicted octanol–water partition coefficient (Wildman–Crippen LogP) is 7.30. The molecule has 1 saturated carbocycles. The molecule has 0 aliphatic heterocycles. The molecule has 1 nitrogen and oxygen atoms in total. The zero-order valence-corrected chi connectivity index (χ0v) is 16.4. The van der Waals surface area contributed by atoms with Crippen molar-refractivity contribution in [2.24, 2.45) is 11.8 Å². The Hall–Kier alpha value is -1.22. The number of benzene rings is 1. The van der Waals surface area contributed by atoms with Crippen LogP contribution in [0.25, 0.3) is 0 Å². The second kappa shape index (κ2) is 10.8. The van der Waals surface area contributed by atoms with Gasteiger partial charge in [-0.25, -0.2) is 0 Å². The quantitative estimate of drug-likeness (QED) is 0.312. The van der Waals surface area contributed by atoms with Crippen LogP contribution in [0.3, 0.4) is 0 Å². The van der Waals surface area contributed by atoms with E-state index in [1.807, 2.05) is 31.2 Å². The lowest BCUT2D eigenvalue weighted by Crippen LogP contribution is -2.26. The van der Waals surface area contributed by atoms with Crippen LogP contribution < -0.4 is 0 Å². The Morgan fingerprint density at radius 3 is 2.31 bits per heavy atom. The van der Waals surface area contributed by atoms with Crippen molar-refractivity contribution in [3.63, 3.8) is 0 Å². The van der Waals surface area contributed by atoms with Gasteiger partial charge in [0, 0.05) is 6.42 Å². The summed E-state index contributed by atoms with van der Waals surface area (Å²) in [6.07, 6.45) is 9.56. The van der Waals surface area contributed by atoms with Crippen molar-refractivity contribution in [1.82, 2.24) is 0 Å². The molecule has 1 aromatic carbocycles. The Balaban J connectivity index is 1.73. The Labute approximate surface area is 157 Å². The topological polar surface area (TPSA) is 9.23 Å². The number of halogens is 2. The fourth-order valence-corrected chi connectivity index (χ4v) is 3.82. The zero-order chi connectivity index (χ0) is 18.8. The van der Waals surface area contributed by atoms with Gasteiger partial charge in [0.15, 0.2) is 0 Å². The third-order valence-electron chi connectivity index (χ3n) is 5.42. The average Bonchev–Trinajstić information content (AvgIpc) is 2.63. The van der Waals surface area contributed by atoms with Crippen LogP contribution in [-0.2, 0) is 17.8 Å². The van der Waals surface area contributed by atoms with E-state index in [1.54, 1.807) is 0 Å². The van der Waals surface area contributed by atoms with E-state index in [4.69, 9.17) is 4.74 Å². The van der Waals surface area contributed by atoms with Crippen LogP contribution in [-0.4, -0.2) is 6.11 Å². The van der Waals surface area contributed by atoms with Gasteiger partial charge >= 0.3 is 6.11 Å². The molecule has 0 atom stereocenters. The molecule has 1 aliphatic carbocycles. The Kier molecular flexibility index (Phi) is 8.77. The Morgan fingerprint density at radius 1 is 1.04 bits per heavy atom. The van der Waals surface area contributed by atoms with Crippen molar-refractivity contribution in [1.29, 1.82) is 0 Å². The standard InChI is InChI=1S/C23H34F2O/c1-3-5-6-8-20-11-15-22(16-12-20)18-26-23(24,25)17-21-13-9-19(7-4-2)10-14-21/h4,7,11-12,15-16,19,21H,3,5-6,8-10,13-14,17-18H2,1-2H3. The molecule has 146 valence electrons. The molecule has 1 aromatic rings. The van der Waals surface area contributed by atoms with Gasteiger partial charge in [-0.15, -0.1) is 0 Å². The van der Waals surface area contributed by atoms with Crippen molar-refractivity contribution in [3.05, 3.63) is 47.5 Å². The Morgan fingerprint density at radius 2 is 1.69 bits per heavy atom. The normalized spacial score (nSPS) is 21.4. The summed E-state index contributed by atoms with van der Waals surface area (Å²) in [4.78, 5) is 0. The lowest BCUT2D eigenvalue weighted by atomic mass is 9.80.